The SMILES string of the molecule is COS(=O)[O-].COS(=O)[O-].[Mg+2]. The first-order valence-corrected chi connectivity index (χ1v) is 3.82. The van der Waals surface area contributed by atoms with Gasteiger partial charge in [-0.05, 0) is 0 Å². The molecule has 0 saturated heterocycles. The third-order valence-corrected chi connectivity index (χ3v) is 0.816. The van der Waals surface area contributed by atoms with Crippen molar-refractivity contribution in [2.75, 3.05) is 14.2 Å². The monoisotopic (exact) mass is 214 g/mol. The van der Waals surface area contributed by atoms with Crippen molar-refractivity contribution in [3.8, 4) is 0 Å². The maximum Gasteiger partial charge on any atom is 2.00 e. The smallest absolute Gasteiger partial charge is 0.750 e. The van der Waals surface area contributed by atoms with Crippen LogP contribution in [-0.2, 0) is 31.1 Å². The molecule has 0 heterocycles. The molecule has 0 saturated carbocycles. The largest absolute Gasteiger partial charge is 2.00 e. The number of hydrogen-bond donors (Lipinski definition) is 0. The molecular weight excluding hydrogens is 208 g/mol. The summed E-state index contributed by atoms with van der Waals surface area (Å²) in [5.41, 5.74) is 0. The van der Waals surface area contributed by atoms with Crippen LogP contribution < -0.4 is 0 Å². The van der Waals surface area contributed by atoms with E-state index in [2.05, 4.69) is 8.37 Å². The van der Waals surface area contributed by atoms with Crippen LogP contribution >= 0.6 is 0 Å². The summed E-state index contributed by atoms with van der Waals surface area (Å²) in [5, 5.41) is 0. The summed E-state index contributed by atoms with van der Waals surface area (Å²) in [7, 11) is 2.17. The van der Waals surface area contributed by atoms with Gasteiger partial charge in [-0.15, -0.1) is 0 Å². The fourth-order valence-electron chi connectivity index (χ4n) is 0. The Morgan fingerprint density at radius 1 is 1.00 bits per heavy atom. The van der Waals surface area contributed by atoms with E-state index < -0.39 is 22.7 Å². The number of rotatable bonds is 2. The van der Waals surface area contributed by atoms with Gasteiger partial charge in [0.2, 0.25) is 0 Å². The Morgan fingerprint density at radius 2 is 1.09 bits per heavy atom. The van der Waals surface area contributed by atoms with Gasteiger partial charge in [0.1, 0.15) is 0 Å². The molecule has 0 aliphatic rings. The molecule has 0 bridgehead atoms. The van der Waals surface area contributed by atoms with Crippen molar-refractivity contribution in [1.29, 1.82) is 0 Å². The summed E-state index contributed by atoms with van der Waals surface area (Å²) in [4.78, 5) is 0. The second-order valence-corrected chi connectivity index (χ2v) is 2.22. The molecule has 0 N–H and O–H groups in total. The average Bonchev–Trinajstić information content (AvgIpc) is 1.89. The molecule has 9 heteroatoms. The third-order valence-electron chi connectivity index (χ3n) is 0.272. The molecule has 0 aromatic heterocycles. The zero-order valence-corrected chi connectivity index (χ0v) is 9.02. The molecule has 64 valence electrons. The minimum absolute atomic E-state index is 0. The second-order valence-electron chi connectivity index (χ2n) is 0.742. The molecule has 0 aromatic rings. The van der Waals surface area contributed by atoms with Crippen LogP contribution in [0.4, 0.5) is 0 Å². The van der Waals surface area contributed by atoms with E-state index in [4.69, 9.17) is 17.5 Å². The Morgan fingerprint density at radius 3 is 1.09 bits per heavy atom. The number of hydrogen-bond acceptors (Lipinski definition) is 6. The van der Waals surface area contributed by atoms with E-state index in [-0.39, 0.29) is 23.1 Å². The van der Waals surface area contributed by atoms with E-state index >= 15 is 0 Å². The molecule has 0 radical (unpaired) electrons. The summed E-state index contributed by atoms with van der Waals surface area (Å²) in [6.07, 6.45) is 0. The quantitative estimate of drug-likeness (QED) is 0.409. The summed E-state index contributed by atoms with van der Waals surface area (Å²) in [5.74, 6) is 0. The summed E-state index contributed by atoms with van der Waals surface area (Å²) in [6, 6.07) is 0. The van der Waals surface area contributed by atoms with Gasteiger partial charge in [-0.3, -0.25) is 0 Å². The summed E-state index contributed by atoms with van der Waals surface area (Å²) >= 11 is -4.65. The van der Waals surface area contributed by atoms with Crippen molar-refractivity contribution in [3.05, 3.63) is 0 Å². The standard InChI is InChI=1S/2CH4O3S.Mg/c2*1-4-5(2)3;/h2*1H3,(H,2,3);/q;;+2/p-2. The van der Waals surface area contributed by atoms with Crippen molar-refractivity contribution in [1.82, 2.24) is 0 Å². The molecule has 6 nitrogen and oxygen atoms in total. The van der Waals surface area contributed by atoms with Gasteiger partial charge in [0.25, 0.3) is 0 Å². The summed E-state index contributed by atoms with van der Waals surface area (Å²) < 4.78 is 43.9. The van der Waals surface area contributed by atoms with Gasteiger partial charge < -0.3 is 17.5 Å². The van der Waals surface area contributed by atoms with Gasteiger partial charge in [0.05, 0.1) is 36.9 Å². The average molecular weight is 215 g/mol. The van der Waals surface area contributed by atoms with Crippen LogP contribution in [0, 0.1) is 0 Å². The van der Waals surface area contributed by atoms with Crippen LogP contribution in [0.5, 0.6) is 0 Å². The van der Waals surface area contributed by atoms with Crippen molar-refractivity contribution < 1.29 is 25.9 Å². The molecule has 0 rings (SSSR count). The van der Waals surface area contributed by atoms with Crippen molar-refractivity contribution >= 4 is 45.8 Å². The third kappa shape index (κ3) is 35.9. The first-order valence-electron chi connectivity index (χ1n) is 1.82. The first kappa shape index (κ1) is 17.9. The molecule has 0 fully saturated rings. The van der Waals surface area contributed by atoms with E-state index in [1.165, 1.54) is 0 Å². The normalized spacial score (nSPS) is 13.5. The Labute approximate surface area is 85.8 Å². The maximum atomic E-state index is 9.15. The van der Waals surface area contributed by atoms with Gasteiger partial charge >= 0.3 is 23.1 Å². The predicted molar refractivity (Wildman–Crippen MR) is 37.6 cm³/mol. The van der Waals surface area contributed by atoms with E-state index in [0.717, 1.165) is 14.2 Å². The van der Waals surface area contributed by atoms with Crippen LogP contribution in [0.25, 0.3) is 0 Å². The maximum absolute atomic E-state index is 9.15. The zero-order valence-electron chi connectivity index (χ0n) is 5.97. The van der Waals surface area contributed by atoms with Gasteiger partial charge in [-0.25, -0.2) is 8.42 Å². The fraction of sp³-hybridized carbons (Fsp3) is 1.00. The Kier molecular flexibility index (Phi) is 21.9. The van der Waals surface area contributed by atoms with Crippen LogP contribution in [0.2, 0.25) is 0 Å². The molecule has 2 atom stereocenters. The molecule has 0 amide bonds. The second kappa shape index (κ2) is 13.5. The van der Waals surface area contributed by atoms with E-state index in [9.17, 15) is 0 Å². The molecule has 0 aromatic carbocycles. The van der Waals surface area contributed by atoms with Gasteiger partial charge in [-0.1, -0.05) is 0 Å². The predicted octanol–water partition coefficient (Wildman–Crippen LogP) is -1.53. The van der Waals surface area contributed by atoms with Crippen LogP contribution in [0.3, 0.4) is 0 Å². The minimum Gasteiger partial charge on any atom is -0.750 e. The van der Waals surface area contributed by atoms with Crippen LogP contribution in [-0.4, -0.2) is 54.8 Å². The van der Waals surface area contributed by atoms with Gasteiger partial charge in [-0.2, -0.15) is 0 Å². The summed E-state index contributed by atoms with van der Waals surface area (Å²) in [6.45, 7) is 0. The molecular formula is C2H6MgO6S2. The van der Waals surface area contributed by atoms with Crippen molar-refractivity contribution in [2.45, 2.75) is 0 Å². The van der Waals surface area contributed by atoms with Gasteiger partial charge in [0, 0.05) is 0 Å². The molecule has 11 heavy (non-hydrogen) atoms. The van der Waals surface area contributed by atoms with Crippen molar-refractivity contribution in [3.63, 3.8) is 0 Å². The molecule has 2 unspecified atom stereocenters. The van der Waals surface area contributed by atoms with Gasteiger partial charge in [0.15, 0.2) is 0 Å². The van der Waals surface area contributed by atoms with Crippen LogP contribution in [0.1, 0.15) is 0 Å². The van der Waals surface area contributed by atoms with E-state index in [1.807, 2.05) is 0 Å². The Hall–Kier alpha value is 0.906. The van der Waals surface area contributed by atoms with Crippen LogP contribution in [0.15, 0.2) is 0 Å². The fourth-order valence-corrected chi connectivity index (χ4v) is 0. The minimum atomic E-state index is -2.32. The first-order chi connectivity index (χ1) is 4.54. The molecule has 0 aliphatic carbocycles. The zero-order chi connectivity index (χ0) is 8.57. The Bertz CT molecular complexity index is 103. The van der Waals surface area contributed by atoms with Crippen molar-refractivity contribution in [2.24, 2.45) is 0 Å². The van der Waals surface area contributed by atoms with E-state index in [1.54, 1.807) is 0 Å². The molecule has 0 aliphatic heterocycles. The topological polar surface area (TPSA) is 98.7 Å². The van der Waals surface area contributed by atoms with E-state index in [0.29, 0.717) is 0 Å². The Balaban J connectivity index is -0.000000107. The molecule has 0 spiro atoms.